The molecule has 0 aromatic heterocycles. The Morgan fingerprint density at radius 2 is 1.75 bits per heavy atom. The normalized spacial score (nSPS) is 27.4. The van der Waals surface area contributed by atoms with Crippen molar-refractivity contribution in [1.29, 1.82) is 0 Å². The summed E-state index contributed by atoms with van der Waals surface area (Å²) in [6, 6.07) is 6.33. The van der Waals surface area contributed by atoms with Crippen LogP contribution >= 0.6 is 0 Å². The molecule has 1 N–H and O–H groups in total. The molecule has 0 bridgehead atoms. The molecule has 1 aromatic carbocycles. The second-order valence-electron chi connectivity index (χ2n) is 7.61. The number of nitrogens with one attached hydrogen (secondary N) is 1. The van der Waals surface area contributed by atoms with Gasteiger partial charge in [-0.3, -0.25) is 9.59 Å². The first-order valence-electron chi connectivity index (χ1n) is 9.12. The molecule has 2 aliphatic rings. The van der Waals surface area contributed by atoms with Gasteiger partial charge in [-0.1, -0.05) is 25.1 Å². The summed E-state index contributed by atoms with van der Waals surface area (Å²) >= 11 is 0. The Hall–Kier alpha value is -1.84. The van der Waals surface area contributed by atoms with Crippen molar-refractivity contribution in [2.75, 3.05) is 11.4 Å². The Morgan fingerprint density at radius 3 is 2.38 bits per heavy atom. The van der Waals surface area contributed by atoms with Gasteiger partial charge in [0.15, 0.2) is 0 Å². The van der Waals surface area contributed by atoms with Crippen molar-refractivity contribution < 1.29 is 9.59 Å². The fraction of sp³-hybridized carbons (Fsp3) is 0.600. The predicted molar refractivity (Wildman–Crippen MR) is 95.9 cm³/mol. The lowest BCUT2D eigenvalue weighted by Gasteiger charge is -2.28. The third-order valence-corrected chi connectivity index (χ3v) is 5.57. The van der Waals surface area contributed by atoms with E-state index in [0.717, 1.165) is 35.6 Å². The van der Waals surface area contributed by atoms with Crippen LogP contribution in [0.25, 0.3) is 0 Å². The van der Waals surface area contributed by atoms with Crippen LogP contribution in [0.2, 0.25) is 0 Å². The Morgan fingerprint density at radius 1 is 1.12 bits per heavy atom. The van der Waals surface area contributed by atoms with Gasteiger partial charge in [-0.25, -0.2) is 0 Å². The molecule has 0 radical (unpaired) electrons. The van der Waals surface area contributed by atoms with Crippen LogP contribution in [-0.4, -0.2) is 24.4 Å². The summed E-state index contributed by atoms with van der Waals surface area (Å²) in [6.07, 6.45) is 4.82. The third kappa shape index (κ3) is 3.47. The minimum absolute atomic E-state index is 0.0524. The molecule has 24 heavy (non-hydrogen) atoms. The monoisotopic (exact) mass is 328 g/mol. The van der Waals surface area contributed by atoms with Crippen molar-refractivity contribution in [2.24, 2.45) is 11.8 Å². The van der Waals surface area contributed by atoms with Crippen LogP contribution in [0.5, 0.6) is 0 Å². The lowest BCUT2D eigenvalue weighted by atomic mass is 9.87. The van der Waals surface area contributed by atoms with Gasteiger partial charge in [0, 0.05) is 24.7 Å². The zero-order valence-electron chi connectivity index (χ0n) is 15.0. The average molecular weight is 328 g/mol. The van der Waals surface area contributed by atoms with E-state index in [0.29, 0.717) is 13.0 Å². The fourth-order valence-electron chi connectivity index (χ4n) is 4.05. The molecule has 1 aliphatic heterocycles. The third-order valence-electron chi connectivity index (χ3n) is 5.57. The highest BCUT2D eigenvalue weighted by Gasteiger charge is 2.37. The van der Waals surface area contributed by atoms with Gasteiger partial charge >= 0.3 is 0 Å². The lowest BCUT2D eigenvalue weighted by molar-refractivity contribution is -0.127. The molecule has 1 saturated heterocycles. The number of amides is 2. The standard InChI is InChI=1S/C20H28N2O2/c1-13-7-9-17(10-8-13)21-20(24)16-11-18(23)22(12-16)19-14(2)5-4-6-15(19)3/h4-6,13,16-17H,7-12H2,1-3H3,(H,21,24)/t13?,16-,17?/m1/s1. The van der Waals surface area contributed by atoms with E-state index in [4.69, 9.17) is 0 Å². The average Bonchev–Trinajstić information content (AvgIpc) is 2.91. The summed E-state index contributed by atoms with van der Waals surface area (Å²) in [5.41, 5.74) is 3.15. The first kappa shape index (κ1) is 17.0. The minimum Gasteiger partial charge on any atom is -0.353 e. The fourth-order valence-corrected chi connectivity index (χ4v) is 4.05. The molecular weight excluding hydrogens is 300 g/mol. The molecule has 1 saturated carbocycles. The summed E-state index contributed by atoms with van der Waals surface area (Å²) in [5.74, 6) is 0.656. The summed E-state index contributed by atoms with van der Waals surface area (Å²) < 4.78 is 0. The zero-order chi connectivity index (χ0) is 17.3. The molecule has 1 aromatic rings. The number of nitrogens with zero attached hydrogens (tertiary/aromatic N) is 1. The quantitative estimate of drug-likeness (QED) is 0.925. The van der Waals surface area contributed by atoms with Gasteiger partial charge < -0.3 is 10.2 Å². The summed E-state index contributed by atoms with van der Waals surface area (Å²) in [4.78, 5) is 26.9. The van der Waals surface area contributed by atoms with Crippen molar-refractivity contribution in [3.63, 3.8) is 0 Å². The van der Waals surface area contributed by atoms with Crippen LogP contribution in [0.3, 0.4) is 0 Å². The largest absolute Gasteiger partial charge is 0.353 e. The maximum Gasteiger partial charge on any atom is 0.227 e. The first-order chi connectivity index (χ1) is 11.5. The van der Waals surface area contributed by atoms with Gasteiger partial charge in [-0.2, -0.15) is 0 Å². The van der Waals surface area contributed by atoms with Gasteiger partial charge in [-0.15, -0.1) is 0 Å². The topological polar surface area (TPSA) is 49.4 Å². The maximum atomic E-state index is 12.6. The molecule has 1 heterocycles. The van der Waals surface area contributed by atoms with Crippen LogP contribution in [0.1, 0.15) is 50.2 Å². The van der Waals surface area contributed by atoms with Gasteiger partial charge in [0.2, 0.25) is 11.8 Å². The van der Waals surface area contributed by atoms with Crippen molar-refractivity contribution in [3.8, 4) is 0 Å². The molecule has 2 amide bonds. The van der Waals surface area contributed by atoms with Gasteiger partial charge in [-0.05, 0) is 56.6 Å². The molecule has 4 heteroatoms. The van der Waals surface area contributed by atoms with E-state index in [1.165, 1.54) is 12.8 Å². The van der Waals surface area contributed by atoms with Crippen LogP contribution in [0.4, 0.5) is 5.69 Å². The number of benzene rings is 1. The Kier molecular flexibility index (Phi) is 4.93. The number of rotatable bonds is 3. The van der Waals surface area contributed by atoms with Crippen molar-refractivity contribution in [3.05, 3.63) is 29.3 Å². The zero-order valence-corrected chi connectivity index (χ0v) is 15.0. The van der Waals surface area contributed by atoms with Gasteiger partial charge in [0.05, 0.1) is 5.92 Å². The Labute approximate surface area is 144 Å². The van der Waals surface area contributed by atoms with Crippen LogP contribution in [0.15, 0.2) is 18.2 Å². The highest BCUT2D eigenvalue weighted by Crippen LogP contribution is 2.31. The second-order valence-corrected chi connectivity index (χ2v) is 7.61. The maximum absolute atomic E-state index is 12.6. The van der Waals surface area contributed by atoms with Crippen molar-refractivity contribution in [1.82, 2.24) is 5.32 Å². The van der Waals surface area contributed by atoms with Gasteiger partial charge in [0.25, 0.3) is 0 Å². The van der Waals surface area contributed by atoms with Crippen LogP contribution in [-0.2, 0) is 9.59 Å². The summed E-state index contributed by atoms with van der Waals surface area (Å²) in [7, 11) is 0. The SMILES string of the molecule is Cc1cccc(C)c1N1C[C@H](C(=O)NC2CCC(C)CC2)CC1=O. The number of anilines is 1. The number of carbonyl (C=O) groups is 2. The molecule has 0 spiro atoms. The molecule has 3 rings (SSSR count). The number of para-hydroxylation sites is 1. The number of hydrogen-bond donors (Lipinski definition) is 1. The smallest absolute Gasteiger partial charge is 0.227 e. The molecule has 4 nitrogen and oxygen atoms in total. The molecule has 2 fully saturated rings. The van der Waals surface area contributed by atoms with Crippen molar-refractivity contribution in [2.45, 2.75) is 58.9 Å². The van der Waals surface area contributed by atoms with E-state index in [2.05, 4.69) is 12.2 Å². The van der Waals surface area contributed by atoms with E-state index in [9.17, 15) is 9.59 Å². The molecule has 0 unspecified atom stereocenters. The molecular formula is C20H28N2O2. The van der Waals surface area contributed by atoms with E-state index >= 15 is 0 Å². The summed E-state index contributed by atoms with van der Waals surface area (Å²) in [5, 5.41) is 3.19. The lowest BCUT2D eigenvalue weighted by Crippen LogP contribution is -2.41. The second kappa shape index (κ2) is 6.96. The van der Waals surface area contributed by atoms with Gasteiger partial charge in [0.1, 0.15) is 0 Å². The number of hydrogen-bond acceptors (Lipinski definition) is 2. The Bertz CT molecular complexity index is 612. The predicted octanol–water partition coefficient (Wildman–Crippen LogP) is 3.35. The first-order valence-corrected chi connectivity index (χ1v) is 9.12. The molecule has 1 aliphatic carbocycles. The number of aryl methyl sites for hydroxylation is 2. The molecule has 130 valence electrons. The summed E-state index contributed by atoms with van der Waals surface area (Å²) in [6.45, 7) is 6.81. The highest BCUT2D eigenvalue weighted by atomic mass is 16.2. The number of carbonyl (C=O) groups excluding carboxylic acids is 2. The van der Waals surface area contributed by atoms with E-state index < -0.39 is 0 Å². The van der Waals surface area contributed by atoms with Crippen molar-refractivity contribution >= 4 is 17.5 Å². The molecule has 1 atom stereocenters. The van der Waals surface area contributed by atoms with Crippen LogP contribution < -0.4 is 10.2 Å². The minimum atomic E-state index is -0.226. The van der Waals surface area contributed by atoms with E-state index in [1.807, 2.05) is 32.0 Å². The highest BCUT2D eigenvalue weighted by molar-refractivity contribution is 6.01. The Balaban J connectivity index is 1.65. The van der Waals surface area contributed by atoms with E-state index in [-0.39, 0.29) is 23.8 Å². The van der Waals surface area contributed by atoms with E-state index in [1.54, 1.807) is 4.90 Å². The van der Waals surface area contributed by atoms with Crippen LogP contribution in [0, 0.1) is 25.7 Å².